The minimum Gasteiger partial charge on any atom is -0.374 e. The van der Waals surface area contributed by atoms with E-state index in [1.807, 2.05) is 0 Å². The molecule has 2 heterocycles. The second-order valence-corrected chi connectivity index (χ2v) is 6.75. The van der Waals surface area contributed by atoms with E-state index in [1.54, 1.807) is 0 Å². The van der Waals surface area contributed by atoms with Gasteiger partial charge in [0.2, 0.25) is 20.5 Å². The first-order chi connectivity index (χ1) is 9.69. The number of anilines is 4. The maximum Gasteiger partial charge on any atom is 0.207 e. The van der Waals surface area contributed by atoms with Gasteiger partial charge >= 0.3 is 0 Å². The number of nitrogens with zero attached hydrogens (tertiary/aromatic N) is 4. The van der Waals surface area contributed by atoms with E-state index < -0.39 is 0 Å². The van der Waals surface area contributed by atoms with Gasteiger partial charge in [-0.2, -0.15) is 0 Å². The number of hydrogen-bond acceptors (Lipinski definition) is 10. The van der Waals surface area contributed by atoms with Crippen LogP contribution in [0.4, 0.5) is 20.5 Å². The van der Waals surface area contributed by atoms with Crippen LogP contribution in [-0.2, 0) is 0 Å². The second kappa shape index (κ2) is 5.75. The minimum atomic E-state index is 0.430. The van der Waals surface area contributed by atoms with Crippen molar-refractivity contribution in [2.24, 2.45) is 0 Å². The van der Waals surface area contributed by atoms with Crippen LogP contribution in [0, 0.1) is 0 Å². The maximum absolute atomic E-state index is 5.57. The van der Waals surface area contributed by atoms with E-state index in [2.05, 4.69) is 31.0 Å². The van der Waals surface area contributed by atoms with Gasteiger partial charge in [-0.1, -0.05) is 22.7 Å². The van der Waals surface area contributed by atoms with Crippen LogP contribution in [-0.4, -0.2) is 32.5 Å². The van der Waals surface area contributed by atoms with Gasteiger partial charge in [0.05, 0.1) is 0 Å². The lowest BCUT2D eigenvalue weighted by Crippen LogP contribution is -2.32. The molecule has 20 heavy (non-hydrogen) atoms. The molecule has 0 bridgehead atoms. The summed E-state index contributed by atoms with van der Waals surface area (Å²) < 4.78 is 0. The molecule has 0 saturated heterocycles. The molecule has 1 aliphatic carbocycles. The third kappa shape index (κ3) is 3.25. The van der Waals surface area contributed by atoms with Crippen molar-refractivity contribution in [2.45, 2.75) is 37.8 Å². The van der Waals surface area contributed by atoms with E-state index in [9.17, 15) is 0 Å². The molecule has 2 aromatic heterocycles. The highest BCUT2D eigenvalue weighted by Crippen LogP contribution is 2.27. The Balaban J connectivity index is 1.47. The first kappa shape index (κ1) is 13.3. The molecular formula is C10H16N8S2. The Hall–Kier alpha value is -1.68. The zero-order valence-corrected chi connectivity index (χ0v) is 12.4. The third-order valence-corrected chi connectivity index (χ3v) is 4.63. The summed E-state index contributed by atoms with van der Waals surface area (Å²) in [6.07, 6.45) is 4.30. The van der Waals surface area contributed by atoms with Crippen LogP contribution in [0.2, 0.25) is 0 Å². The minimum absolute atomic E-state index is 0.430. The van der Waals surface area contributed by atoms with Gasteiger partial charge in [0.15, 0.2) is 0 Å². The SMILES string of the molecule is Nc1nnc(N[C@H]2CC[C@H](Nc3nnc(N)s3)CC2)s1. The van der Waals surface area contributed by atoms with Crippen molar-refractivity contribution in [3.63, 3.8) is 0 Å². The van der Waals surface area contributed by atoms with Crippen LogP contribution in [0.25, 0.3) is 0 Å². The van der Waals surface area contributed by atoms with Crippen LogP contribution in [0.5, 0.6) is 0 Å². The average Bonchev–Trinajstić information content (AvgIpc) is 3.01. The number of aromatic nitrogens is 4. The molecule has 0 amide bonds. The van der Waals surface area contributed by atoms with E-state index in [0.29, 0.717) is 22.3 Å². The molecular weight excluding hydrogens is 296 g/mol. The molecule has 2 aromatic rings. The summed E-state index contributed by atoms with van der Waals surface area (Å²) in [5.41, 5.74) is 11.1. The first-order valence-electron chi connectivity index (χ1n) is 6.40. The van der Waals surface area contributed by atoms with Gasteiger partial charge in [0.1, 0.15) is 0 Å². The van der Waals surface area contributed by atoms with Crippen LogP contribution in [0.15, 0.2) is 0 Å². The summed E-state index contributed by atoms with van der Waals surface area (Å²) in [4.78, 5) is 0. The summed E-state index contributed by atoms with van der Waals surface area (Å²) in [6.45, 7) is 0. The molecule has 0 spiro atoms. The van der Waals surface area contributed by atoms with E-state index in [-0.39, 0.29) is 0 Å². The lowest BCUT2D eigenvalue weighted by atomic mass is 9.91. The van der Waals surface area contributed by atoms with Gasteiger partial charge in [0.25, 0.3) is 0 Å². The van der Waals surface area contributed by atoms with E-state index in [1.165, 1.54) is 22.7 Å². The lowest BCUT2D eigenvalue weighted by molar-refractivity contribution is 0.428. The smallest absolute Gasteiger partial charge is 0.207 e. The van der Waals surface area contributed by atoms with Gasteiger partial charge in [-0.3, -0.25) is 0 Å². The van der Waals surface area contributed by atoms with Crippen molar-refractivity contribution in [2.75, 3.05) is 22.1 Å². The molecule has 0 unspecified atom stereocenters. The number of hydrogen-bond donors (Lipinski definition) is 4. The highest BCUT2D eigenvalue weighted by atomic mass is 32.1. The summed E-state index contributed by atoms with van der Waals surface area (Å²) in [5.74, 6) is 0. The quantitative estimate of drug-likeness (QED) is 0.667. The van der Waals surface area contributed by atoms with Crippen LogP contribution in [0.1, 0.15) is 25.7 Å². The predicted molar refractivity (Wildman–Crippen MR) is 81.9 cm³/mol. The fourth-order valence-electron chi connectivity index (χ4n) is 2.32. The summed E-state index contributed by atoms with van der Waals surface area (Å²) in [5, 5.41) is 24.9. The Kier molecular flexibility index (Phi) is 3.83. The van der Waals surface area contributed by atoms with Crippen molar-refractivity contribution < 1.29 is 0 Å². The van der Waals surface area contributed by atoms with Crippen LogP contribution >= 0.6 is 22.7 Å². The van der Waals surface area contributed by atoms with Crippen molar-refractivity contribution >= 4 is 43.2 Å². The van der Waals surface area contributed by atoms with Crippen molar-refractivity contribution in [3.8, 4) is 0 Å². The van der Waals surface area contributed by atoms with Crippen LogP contribution < -0.4 is 22.1 Å². The van der Waals surface area contributed by atoms with E-state index in [0.717, 1.165) is 35.9 Å². The zero-order chi connectivity index (χ0) is 13.9. The highest BCUT2D eigenvalue weighted by molar-refractivity contribution is 7.19. The summed E-state index contributed by atoms with van der Waals surface area (Å²) in [7, 11) is 0. The summed E-state index contributed by atoms with van der Waals surface area (Å²) >= 11 is 2.77. The third-order valence-electron chi connectivity index (χ3n) is 3.26. The number of rotatable bonds is 4. The predicted octanol–water partition coefficient (Wildman–Crippen LogP) is 1.39. The molecule has 1 aliphatic rings. The number of nitrogens with two attached hydrogens (primary N) is 2. The fourth-order valence-corrected chi connectivity index (χ4v) is 3.49. The van der Waals surface area contributed by atoms with Gasteiger partial charge in [-0.25, -0.2) is 0 Å². The van der Waals surface area contributed by atoms with E-state index in [4.69, 9.17) is 11.5 Å². The standard InChI is InChI=1S/C10H16N8S2/c11-7-15-17-9(19-7)13-5-1-2-6(4-3-5)14-10-18-16-8(12)20-10/h5-6H,1-4H2,(H2,11,15)(H2,12,16)(H,13,17)(H,14,18)/t5-,6-. The monoisotopic (exact) mass is 312 g/mol. The largest absolute Gasteiger partial charge is 0.374 e. The molecule has 0 radical (unpaired) electrons. The average molecular weight is 312 g/mol. The molecule has 108 valence electrons. The van der Waals surface area contributed by atoms with Gasteiger partial charge in [-0.05, 0) is 25.7 Å². The number of nitrogen functional groups attached to an aromatic ring is 2. The normalized spacial score (nSPS) is 22.6. The van der Waals surface area contributed by atoms with E-state index >= 15 is 0 Å². The Bertz CT molecular complexity index is 509. The Morgan fingerprint density at radius 3 is 1.45 bits per heavy atom. The summed E-state index contributed by atoms with van der Waals surface area (Å²) in [6, 6.07) is 0.861. The van der Waals surface area contributed by atoms with Gasteiger partial charge < -0.3 is 22.1 Å². The molecule has 6 N–H and O–H groups in total. The highest BCUT2D eigenvalue weighted by Gasteiger charge is 2.22. The van der Waals surface area contributed by atoms with Gasteiger partial charge in [-0.15, -0.1) is 20.4 Å². The Morgan fingerprint density at radius 1 is 0.750 bits per heavy atom. The molecule has 0 atom stereocenters. The topological polar surface area (TPSA) is 128 Å². The zero-order valence-electron chi connectivity index (χ0n) is 10.7. The second-order valence-electron chi connectivity index (χ2n) is 4.73. The Morgan fingerprint density at radius 2 is 1.15 bits per heavy atom. The number of nitrogens with one attached hydrogen (secondary N) is 2. The van der Waals surface area contributed by atoms with Crippen molar-refractivity contribution in [1.29, 1.82) is 0 Å². The first-order valence-corrected chi connectivity index (χ1v) is 8.03. The molecule has 1 fully saturated rings. The molecule has 1 saturated carbocycles. The molecule has 8 nitrogen and oxygen atoms in total. The lowest BCUT2D eigenvalue weighted by Gasteiger charge is -2.29. The fraction of sp³-hybridized carbons (Fsp3) is 0.600. The molecule has 3 rings (SSSR count). The van der Waals surface area contributed by atoms with Crippen molar-refractivity contribution in [1.82, 2.24) is 20.4 Å². The molecule has 0 aromatic carbocycles. The van der Waals surface area contributed by atoms with Crippen LogP contribution in [0.3, 0.4) is 0 Å². The Labute approximate surface area is 124 Å². The molecule has 0 aliphatic heterocycles. The van der Waals surface area contributed by atoms with Crippen molar-refractivity contribution in [3.05, 3.63) is 0 Å². The van der Waals surface area contributed by atoms with Gasteiger partial charge in [0, 0.05) is 12.1 Å². The molecule has 10 heteroatoms. The maximum atomic E-state index is 5.57.